The predicted octanol–water partition coefficient (Wildman–Crippen LogP) is 3.95. The summed E-state index contributed by atoms with van der Waals surface area (Å²) in [6.07, 6.45) is 0. The molecule has 0 aromatic heterocycles. The predicted molar refractivity (Wildman–Crippen MR) is 91.7 cm³/mol. The Morgan fingerprint density at radius 3 is 2.50 bits per heavy atom. The van der Waals surface area contributed by atoms with Crippen molar-refractivity contribution >= 4 is 40.5 Å². The number of amides is 1. The van der Waals surface area contributed by atoms with Gasteiger partial charge in [0.05, 0.1) is 22.3 Å². The van der Waals surface area contributed by atoms with Crippen LogP contribution in [-0.2, 0) is 4.79 Å². The van der Waals surface area contributed by atoms with E-state index < -0.39 is 0 Å². The van der Waals surface area contributed by atoms with E-state index in [1.807, 2.05) is 30.3 Å². The van der Waals surface area contributed by atoms with Gasteiger partial charge in [0, 0.05) is 5.69 Å². The molecule has 2 aromatic carbocycles. The van der Waals surface area contributed by atoms with Gasteiger partial charge in [0.25, 0.3) is 5.91 Å². The summed E-state index contributed by atoms with van der Waals surface area (Å²) in [7, 11) is 0. The first-order valence-electron chi connectivity index (χ1n) is 6.64. The molecule has 4 nitrogen and oxygen atoms in total. The molecule has 0 aliphatic carbocycles. The quantitative estimate of drug-likeness (QED) is 0.642. The van der Waals surface area contributed by atoms with Crippen molar-refractivity contribution in [2.45, 2.75) is 6.92 Å². The van der Waals surface area contributed by atoms with E-state index in [9.17, 15) is 4.79 Å². The molecule has 0 aliphatic rings. The number of anilines is 1. The zero-order chi connectivity index (χ0) is 15.9. The minimum Gasteiger partial charge on any atom is -0.376 e. The summed E-state index contributed by atoms with van der Waals surface area (Å²) in [4.78, 5) is 11.7. The molecule has 6 heteroatoms. The molecule has 2 rings (SSSR count). The third-order valence-electron chi connectivity index (χ3n) is 2.91. The van der Waals surface area contributed by atoms with E-state index in [4.69, 9.17) is 23.2 Å². The van der Waals surface area contributed by atoms with E-state index in [1.165, 1.54) is 0 Å². The van der Waals surface area contributed by atoms with Crippen molar-refractivity contribution in [3.8, 4) is 0 Å². The van der Waals surface area contributed by atoms with Crippen molar-refractivity contribution in [3.63, 3.8) is 0 Å². The van der Waals surface area contributed by atoms with Crippen LogP contribution in [0, 0.1) is 0 Å². The summed E-state index contributed by atoms with van der Waals surface area (Å²) < 4.78 is 0. The maximum Gasteiger partial charge on any atom is 0.259 e. The lowest BCUT2D eigenvalue weighted by molar-refractivity contribution is -0.119. The van der Waals surface area contributed by atoms with Crippen LogP contribution in [-0.4, -0.2) is 18.2 Å². The molecule has 0 atom stereocenters. The van der Waals surface area contributed by atoms with Gasteiger partial charge in [-0.25, -0.2) is 5.43 Å². The number of carbonyl (C=O) groups excluding carboxylic acids is 1. The topological polar surface area (TPSA) is 53.5 Å². The number of benzene rings is 2. The first-order chi connectivity index (χ1) is 10.6. The number of rotatable bonds is 5. The molecule has 2 N–H and O–H groups in total. The minimum absolute atomic E-state index is 0.141. The van der Waals surface area contributed by atoms with Crippen molar-refractivity contribution in [2.24, 2.45) is 5.10 Å². The fourth-order valence-corrected chi connectivity index (χ4v) is 2.01. The van der Waals surface area contributed by atoms with Crippen LogP contribution in [0.2, 0.25) is 10.0 Å². The van der Waals surface area contributed by atoms with Crippen LogP contribution in [0.1, 0.15) is 12.5 Å². The third kappa shape index (κ3) is 4.76. The number of para-hydroxylation sites is 1. The molecule has 0 unspecified atom stereocenters. The summed E-state index contributed by atoms with van der Waals surface area (Å²) in [6, 6.07) is 14.7. The number of halogens is 2. The van der Waals surface area contributed by atoms with Crippen molar-refractivity contribution in [2.75, 3.05) is 11.9 Å². The minimum atomic E-state index is -0.233. The van der Waals surface area contributed by atoms with Gasteiger partial charge in [-0.3, -0.25) is 4.79 Å². The SMILES string of the molecule is C/C(=N/NC(=O)CNc1ccccc1)c1ccc(Cl)c(Cl)c1. The van der Waals surface area contributed by atoms with Crippen molar-refractivity contribution in [1.82, 2.24) is 5.43 Å². The molecule has 0 fully saturated rings. The van der Waals surface area contributed by atoms with Crippen LogP contribution in [0.5, 0.6) is 0 Å². The Labute approximate surface area is 139 Å². The lowest BCUT2D eigenvalue weighted by Gasteiger charge is -2.06. The second-order valence-electron chi connectivity index (χ2n) is 4.58. The van der Waals surface area contributed by atoms with Crippen LogP contribution in [0.3, 0.4) is 0 Å². The summed E-state index contributed by atoms with van der Waals surface area (Å²) >= 11 is 11.8. The van der Waals surface area contributed by atoms with E-state index in [0.29, 0.717) is 15.8 Å². The van der Waals surface area contributed by atoms with Crippen LogP contribution in [0.25, 0.3) is 0 Å². The Bertz CT molecular complexity index is 687. The Morgan fingerprint density at radius 2 is 1.82 bits per heavy atom. The van der Waals surface area contributed by atoms with Crippen LogP contribution >= 0.6 is 23.2 Å². The first kappa shape index (κ1) is 16.3. The lowest BCUT2D eigenvalue weighted by Crippen LogP contribution is -2.26. The number of hydrogen-bond acceptors (Lipinski definition) is 3. The van der Waals surface area contributed by atoms with Gasteiger partial charge < -0.3 is 5.32 Å². The molecule has 0 aliphatic heterocycles. The Kier molecular flexibility index (Phi) is 5.81. The molecule has 2 aromatic rings. The van der Waals surface area contributed by atoms with Gasteiger partial charge in [0.2, 0.25) is 0 Å². The highest BCUT2D eigenvalue weighted by atomic mass is 35.5. The lowest BCUT2D eigenvalue weighted by atomic mass is 10.1. The van der Waals surface area contributed by atoms with Crippen molar-refractivity contribution in [3.05, 3.63) is 64.1 Å². The van der Waals surface area contributed by atoms with E-state index >= 15 is 0 Å². The fourth-order valence-electron chi connectivity index (χ4n) is 1.71. The second-order valence-corrected chi connectivity index (χ2v) is 5.40. The third-order valence-corrected chi connectivity index (χ3v) is 3.65. The van der Waals surface area contributed by atoms with E-state index in [0.717, 1.165) is 11.3 Å². The number of hydrazone groups is 1. The van der Waals surface area contributed by atoms with Gasteiger partial charge in [0.1, 0.15) is 0 Å². The van der Waals surface area contributed by atoms with Gasteiger partial charge in [-0.05, 0) is 36.8 Å². The van der Waals surface area contributed by atoms with Crippen molar-refractivity contribution in [1.29, 1.82) is 0 Å². The Hall–Kier alpha value is -2.04. The number of carbonyl (C=O) groups is 1. The van der Waals surface area contributed by atoms with Gasteiger partial charge in [0.15, 0.2) is 0 Å². The van der Waals surface area contributed by atoms with Crippen molar-refractivity contribution < 1.29 is 4.79 Å². The normalized spacial score (nSPS) is 11.1. The molecule has 22 heavy (non-hydrogen) atoms. The molecular formula is C16H15Cl2N3O. The van der Waals surface area contributed by atoms with Crippen LogP contribution in [0.15, 0.2) is 53.6 Å². The van der Waals surface area contributed by atoms with Gasteiger partial charge >= 0.3 is 0 Å². The average molecular weight is 336 g/mol. The summed E-state index contributed by atoms with van der Waals surface area (Å²) in [5.41, 5.74) is 4.82. The van der Waals surface area contributed by atoms with E-state index in [2.05, 4.69) is 15.8 Å². The highest BCUT2D eigenvalue weighted by Crippen LogP contribution is 2.22. The average Bonchev–Trinajstić information content (AvgIpc) is 2.54. The highest BCUT2D eigenvalue weighted by molar-refractivity contribution is 6.42. The highest BCUT2D eigenvalue weighted by Gasteiger charge is 2.04. The molecule has 0 saturated heterocycles. The zero-order valence-electron chi connectivity index (χ0n) is 11.9. The zero-order valence-corrected chi connectivity index (χ0v) is 13.4. The molecule has 0 spiro atoms. The molecular weight excluding hydrogens is 321 g/mol. The summed E-state index contributed by atoms with van der Waals surface area (Å²) in [5.74, 6) is -0.233. The number of nitrogens with zero attached hydrogens (tertiary/aromatic N) is 1. The summed E-state index contributed by atoms with van der Waals surface area (Å²) in [5, 5.41) is 7.99. The van der Waals surface area contributed by atoms with Gasteiger partial charge in [-0.15, -0.1) is 0 Å². The molecule has 114 valence electrons. The molecule has 0 bridgehead atoms. The molecule has 0 radical (unpaired) electrons. The fraction of sp³-hybridized carbons (Fsp3) is 0.125. The maximum atomic E-state index is 11.7. The van der Waals surface area contributed by atoms with E-state index in [1.54, 1.807) is 25.1 Å². The largest absolute Gasteiger partial charge is 0.376 e. The van der Waals surface area contributed by atoms with Crippen LogP contribution in [0.4, 0.5) is 5.69 Å². The second kappa shape index (κ2) is 7.82. The molecule has 0 saturated carbocycles. The van der Waals surface area contributed by atoms with Gasteiger partial charge in [-0.2, -0.15) is 5.10 Å². The molecule has 0 heterocycles. The van der Waals surface area contributed by atoms with E-state index in [-0.39, 0.29) is 12.5 Å². The monoisotopic (exact) mass is 335 g/mol. The standard InChI is InChI=1S/C16H15Cl2N3O/c1-11(12-7-8-14(17)15(18)9-12)20-21-16(22)10-19-13-5-3-2-4-6-13/h2-9,19H,10H2,1H3,(H,21,22)/b20-11-. The summed E-state index contributed by atoms with van der Waals surface area (Å²) in [6.45, 7) is 1.92. The number of hydrogen-bond donors (Lipinski definition) is 2. The number of nitrogens with one attached hydrogen (secondary N) is 2. The van der Waals surface area contributed by atoms with Gasteiger partial charge in [-0.1, -0.05) is 47.5 Å². The Balaban J connectivity index is 1.90. The van der Waals surface area contributed by atoms with Crippen LogP contribution < -0.4 is 10.7 Å². The Morgan fingerprint density at radius 1 is 1.09 bits per heavy atom. The smallest absolute Gasteiger partial charge is 0.259 e. The molecule has 1 amide bonds. The first-order valence-corrected chi connectivity index (χ1v) is 7.39. The maximum absolute atomic E-state index is 11.7.